The van der Waals surface area contributed by atoms with Crippen LogP contribution in [0.15, 0.2) is 0 Å². The van der Waals surface area contributed by atoms with Crippen LogP contribution in [0, 0.1) is 11.8 Å². The van der Waals surface area contributed by atoms with E-state index in [4.69, 9.17) is 0 Å². The summed E-state index contributed by atoms with van der Waals surface area (Å²) in [6.07, 6.45) is -0.490. The summed E-state index contributed by atoms with van der Waals surface area (Å²) in [5, 5.41) is 9.36. The highest BCUT2D eigenvalue weighted by Gasteiger charge is 2.31. The van der Waals surface area contributed by atoms with Gasteiger partial charge in [0.15, 0.2) is 6.10 Å². The van der Waals surface area contributed by atoms with Crippen LogP contribution in [-0.2, 0) is 19.7 Å². The van der Waals surface area contributed by atoms with Crippen LogP contribution < -0.4 is 4.72 Å². The molecule has 0 amide bonds. The Kier molecular flexibility index (Phi) is 5.72. The van der Waals surface area contributed by atoms with Gasteiger partial charge in [0.25, 0.3) is 10.2 Å². The number of carbonyl (C=O) groups is 1. The fourth-order valence-corrected chi connectivity index (χ4v) is 3.75. The van der Waals surface area contributed by atoms with Crippen molar-refractivity contribution >= 4 is 16.2 Å². The van der Waals surface area contributed by atoms with Gasteiger partial charge >= 0.3 is 5.97 Å². The third-order valence-electron chi connectivity index (χ3n) is 3.11. The molecule has 0 saturated carbocycles. The van der Waals surface area contributed by atoms with Gasteiger partial charge in [-0.1, -0.05) is 13.8 Å². The maximum atomic E-state index is 12.0. The first-order valence-electron chi connectivity index (χ1n) is 6.27. The molecule has 0 aromatic rings. The van der Waals surface area contributed by atoms with Gasteiger partial charge in [-0.2, -0.15) is 17.4 Å². The van der Waals surface area contributed by atoms with Crippen molar-refractivity contribution in [3.8, 4) is 0 Å². The number of methoxy groups -OCH3 is 1. The van der Waals surface area contributed by atoms with E-state index in [-0.39, 0.29) is 6.54 Å². The zero-order chi connectivity index (χ0) is 14.6. The summed E-state index contributed by atoms with van der Waals surface area (Å²) in [4.78, 5) is 11.0. The molecule has 3 atom stereocenters. The SMILES string of the molecule is COC(=O)[C@H](O)CNS(=O)(=O)N1C[C@H](C)C[C@H](C)C1. The Labute approximate surface area is 114 Å². The summed E-state index contributed by atoms with van der Waals surface area (Å²) < 4.78 is 32.0. The van der Waals surface area contributed by atoms with Gasteiger partial charge < -0.3 is 9.84 Å². The fraction of sp³-hybridized carbons (Fsp3) is 0.909. The Balaban J connectivity index is 2.58. The molecule has 7 nitrogen and oxygen atoms in total. The molecule has 1 heterocycles. The van der Waals surface area contributed by atoms with Crippen molar-refractivity contribution < 1.29 is 23.1 Å². The average Bonchev–Trinajstić information content (AvgIpc) is 2.33. The second-order valence-corrected chi connectivity index (χ2v) is 6.91. The van der Waals surface area contributed by atoms with E-state index >= 15 is 0 Å². The molecule has 1 rings (SSSR count). The number of esters is 1. The van der Waals surface area contributed by atoms with Crippen molar-refractivity contribution in [1.29, 1.82) is 0 Å². The summed E-state index contributed by atoms with van der Waals surface area (Å²) in [6, 6.07) is 0. The molecule has 0 aromatic carbocycles. The van der Waals surface area contributed by atoms with E-state index in [2.05, 4.69) is 9.46 Å². The zero-order valence-electron chi connectivity index (χ0n) is 11.5. The lowest BCUT2D eigenvalue weighted by Crippen LogP contribution is -2.50. The van der Waals surface area contributed by atoms with Crippen molar-refractivity contribution in [2.45, 2.75) is 26.4 Å². The normalized spacial score (nSPS) is 26.9. The number of aliphatic hydroxyl groups is 1. The maximum absolute atomic E-state index is 12.0. The fourth-order valence-electron chi connectivity index (χ4n) is 2.30. The largest absolute Gasteiger partial charge is 0.467 e. The summed E-state index contributed by atoms with van der Waals surface area (Å²) in [7, 11) is -2.54. The quantitative estimate of drug-likeness (QED) is 0.656. The van der Waals surface area contributed by atoms with Gasteiger partial charge in [0.2, 0.25) is 0 Å². The predicted molar refractivity (Wildman–Crippen MR) is 69.5 cm³/mol. The molecule has 19 heavy (non-hydrogen) atoms. The van der Waals surface area contributed by atoms with E-state index in [0.29, 0.717) is 24.9 Å². The Morgan fingerprint density at radius 1 is 1.42 bits per heavy atom. The van der Waals surface area contributed by atoms with Crippen LogP contribution in [0.4, 0.5) is 0 Å². The molecule has 112 valence electrons. The Morgan fingerprint density at radius 2 is 1.95 bits per heavy atom. The van der Waals surface area contributed by atoms with Crippen LogP contribution >= 0.6 is 0 Å². The number of ether oxygens (including phenoxy) is 1. The van der Waals surface area contributed by atoms with Crippen molar-refractivity contribution in [2.75, 3.05) is 26.7 Å². The number of rotatable bonds is 5. The first kappa shape index (κ1) is 16.4. The monoisotopic (exact) mass is 294 g/mol. The van der Waals surface area contributed by atoms with E-state index in [1.165, 1.54) is 4.31 Å². The molecule has 0 radical (unpaired) electrons. The number of piperidine rings is 1. The average molecular weight is 294 g/mol. The topological polar surface area (TPSA) is 95.9 Å². The van der Waals surface area contributed by atoms with Crippen molar-refractivity contribution in [3.05, 3.63) is 0 Å². The van der Waals surface area contributed by atoms with Gasteiger partial charge in [-0.3, -0.25) is 0 Å². The minimum atomic E-state index is -3.67. The molecule has 8 heteroatoms. The molecule has 1 aliphatic rings. The third-order valence-corrected chi connectivity index (χ3v) is 4.62. The Hall–Kier alpha value is -0.700. The van der Waals surface area contributed by atoms with E-state index < -0.39 is 22.3 Å². The van der Waals surface area contributed by atoms with Crippen LogP contribution in [0.2, 0.25) is 0 Å². The van der Waals surface area contributed by atoms with Crippen molar-refractivity contribution in [3.63, 3.8) is 0 Å². The van der Waals surface area contributed by atoms with E-state index in [1.807, 2.05) is 13.8 Å². The van der Waals surface area contributed by atoms with Gasteiger partial charge in [0, 0.05) is 19.6 Å². The zero-order valence-corrected chi connectivity index (χ0v) is 12.3. The highest BCUT2D eigenvalue weighted by atomic mass is 32.2. The number of carbonyl (C=O) groups excluding carboxylic acids is 1. The van der Waals surface area contributed by atoms with Gasteiger partial charge in [0.1, 0.15) is 0 Å². The number of hydrogen-bond donors (Lipinski definition) is 2. The van der Waals surface area contributed by atoms with Crippen LogP contribution in [0.5, 0.6) is 0 Å². The van der Waals surface area contributed by atoms with Gasteiger partial charge in [-0.25, -0.2) is 4.79 Å². The molecular weight excluding hydrogens is 272 g/mol. The summed E-state index contributed by atoms with van der Waals surface area (Å²) in [5.74, 6) is -0.264. The highest BCUT2D eigenvalue weighted by molar-refractivity contribution is 7.87. The minimum absolute atomic E-state index is 0.297. The molecule has 2 N–H and O–H groups in total. The highest BCUT2D eigenvalue weighted by Crippen LogP contribution is 2.22. The first-order valence-corrected chi connectivity index (χ1v) is 7.71. The molecule has 0 unspecified atom stereocenters. The molecule has 0 bridgehead atoms. The standard InChI is InChI=1S/C11H22N2O5S/c1-8-4-9(2)7-13(6-8)19(16,17)12-5-10(14)11(15)18-3/h8-10,12,14H,4-7H2,1-3H3/t8-,9+,10-/m1/s1. The number of aliphatic hydroxyl groups excluding tert-OH is 1. The van der Waals surface area contributed by atoms with Crippen LogP contribution in [0.3, 0.4) is 0 Å². The van der Waals surface area contributed by atoms with E-state index in [9.17, 15) is 18.3 Å². The molecule has 1 aliphatic heterocycles. The lowest BCUT2D eigenvalue weighted by Gasteiger charge is -2.34. The van der Waals surface area contributed by atoms with Gasteiger partial charge in [-0.15, -0.1) is 0 Å². The van der Waals surface area contributed by atoms with Crippen LogP contribution in [0.1, 0.15) is 20.3 Å². The number of nitrogens with one attached hydrogen (secondary N) is 1. The maximum Gasteiger partial charge on any atom is 0.336 e. The Morgan fingerprint density at radius 3 is 2.42 bits per heavy atom. The molecule has 1 fully saturated rings. The number of hydrogen-bond acceptors (Lipinski definition) is 5. The first-order chi connectivity index (χ1) is 8.76. The van der Waals surface area contributed by atoms with Crippen molar-refractivity contribution in [2.24, 2.45) is 11.8 Å². The lowest BCUT2D eigenvalue weighted by molar-refractivity contribution is -0.149. The smallest absolute Gasteiger partial charge is 0.336 e. The second kappa shape index (κ2) is 6.65. The number of nitrogens with zero attached hydrogens (tertiary/aromatic N) is 1. The molecule has 1 saturated heterocycles. The van der Waals surface area contributed by atoms with E-state index in [1.54, 1.807) is 0 Å². The van der Waals surface area contributed by atoms with E-state index in [0.717, 1.165) is 13.5 Å². The second-order valence-electron chi connectivity index (χ2n) is 5.16. The Bertz CT molecular complexity index is 401. The lowest BCUT2D eigenvalue weighted by atomic mass is 9.94. The molecular formula is C11H22N2O5S. The van der Waals surface area contributed by atoms with Crippen LogP contribution in [-0.4, -0.2) is 56.6 Å². The molecule has 0 aromatic heterocycles. The minimum Gasteiger partial charge on any atom is -0.467 e. The predicted octanol–water partition coefficient (Wildman–Crippen LogP) is -0.667. The van der Waals surface area contributed by atoms with Gasteiger partial charge in [-0.05, 0) is 18.3 Å². The summed E-state index contributed by atoms with van der Waals surface area (Å²) >= 11 is 0. The van der Waals surface area contributed by atoms with Crippen molar-refractivity contribution in [1.82, 2.24) is 9.03 Å². The molecule has 0 aliphatic carbocycles. The van der Waals surface area contributed by atoms with Gasteiger partial charge in [0.05, 0.1) is 7.11 Å². The summed E-state index contributed by atoms with van der Waals surface area (Å²) in [6.45, 7) is 4.53. The molecule has 0 spiro atoms. The summed E-state index contributed by atoms with van der Waals surface area (Å²) in [5.41, 5.74) is 0. The van der Waals surface area contributed by atoms with Crippen LogP contribution in [0.25, 0.3) is 0 Å². The third kappa shape index (κ3) is 4.72.